The molecule has 3 rings (SSSR count). The molecule has 0 bridgehead atoms. The number of carbonyl (C=O) groups excluding carboxylic acids is 4. The summed E-state index contributed by atoms with van der Waals surface area (Å²) in [6.45, 7) is 9.68. The van der Waals surface area contributed by atoms with E-state index in [0.29, 0.717) is 11.1 Å². The zero-order valence-electron chi connectivity index (χ0n) is 28.9. The SMILES string of the molecule is C#Cc1ccccc1C(C(=O)NC(Cc1ccccc1)C(=O)OC(C)(C)C)N(CC#N)C(=O)C(Cc1ccccc1)NC(=O)OC(C)(C)C. The Labute approximate surface area is 288 Å². The Hall–Kier alpha value is -5.61. The topological polar surface area (TPSA) is 138 Å². The minimum Gasteiger partial charge on any atom is -0.458 e. The van der Waals surface area contributed by atoms with Crippen molar-refractivity contribution < 1.29 is 28.7 Å². The Morgan fingerprint density at radius 1 is 0.755 bits per heavy atom. The largest absolute Gasteiger partial charge is 0.458 e. The zero-order chi connectivity index (χ0) is 36.2. The molecule has 0 aliphatic rings. The Balaban J connectivity index is 2.12. The highest BCUT2D eigenvalue weighted by Gasteiger charge is 2.39. The lowest BCUT2D eigenvalue weighted by molar-refractivity contribution is -0.159. The molecule has 0 aliphatic carbocycles. The number of nitrogens with zero attached hydrogens (tertiary/aromatic N) is 2. The molecule has 3 atom stereocenters. The molecule has 3 amide bonds. The monoisotopic (exact) mass is 664 g/mol. The van der Waals surface area contributed by atoms with Crippen LogP contribution in [0.4, 0.5) is 4.79 Å². The maximum Gasteiger partial charge on any atom is 0.408 e. The number of hydrogen-bond donors (Lipinski definition) is 2. The summed E-state index contributed by atoms with van der Waals surface area (Å²) in [4.78, 5) is 56.6. The van der Waals surface area contributed by atoms with Crippen LogP contribution in [0.1, 0.15) is 69.8 Å². The summed E-state index contributed by atoms with van der Waals surface area (Å²) in [6.07, 6.45) is 5.12. The van der Waals surface area contributed by atoms with Crippen LogP contribution in [0.5, 0.6) is 0 Å². The number of esters is 1. The van der Waals surface area contributed by atoms with Gasteiger partial charge in [-0.05, 0) is 64.3 Å². The fourth-order valence-electron chi connectivity index (χ4n) is 5.06. The first-order valence-electron chi connectivity index (χ1n) is 16.0. The summed E-state index contributed by atoms with van der Waals surface area (Å²) in [5.74, 6) is 0.373. The molecular weight excluding hydrogens is 620 g/mol. The van der Waals surface area contributed by atoms with Crippen LogP contribution in [-0.2, 0) is 36.7 Å². The summed E-state index contributed by atoms with van der Waals surface area (Å²) < 4.78 is 11.1. The molecular formula is C39H44N4O6. The van der Waals surface area contributed by atoms with Gasteiger partial charge < -0.3 is 25.0 Å². The van der Waals surface area contributed by atoms with Crippen LogP contribution in [0.15, 0.2) is 84.9 Å². The van der Waals surface area contributed by atoms with Crippen LogP contribution in [0.25, 0.3) is 0 Å². The van der Waals surface area contributed by atoms with Crippen molar-refractivity contribution in [2.75, 3.05) is 6.54 Å². The van der Waals surface area contributed by atoms with E-state index in [2.05, 4.69) is 16.6 Å². The molecule has 0 aromatic heterocycles. The molecule has 2 N–H and O–H groups in total. The first-order chi connectivity index (χ1) is 23.1. The highest BCUT2D eigenvalue weighted by Crippen LogP contribution is 2.27. The molecule has 0 saturated heterocycles. The first-order valence-corrected chi connectivity index (χ1v) is 16.0. The second kappa shape index (κ2) is 17.0. The lowest BCUT2D eigenvalue weighted by Crippen LogP contribution is -2.55. The maximum atomic E-state index is 14.5. The van der Waals surface area contributed by atoms with Gasteiger partial charge in [-0.3, -0.25) is 9.59 Å². The number of rotatable bonds is 12. The summed E-state index contributed by atoms with van der Waals surface area (Å²) >= 11 is 0. The second-order valence-electron chi connectivity index (χ2n) is 13.4. The number of amides is 3. The number of benzene rings is 3. The molecule has 10 heteroatoms. The van der Waals surface area contributed by atoms with E-state index in [-0.39, 0.29) is 18.4 Å². The summed E-state index contributed by atoms with van der Waals surface area (Å²) in [5.41, 5.74) is 0.313. The van der Waals surface area contributed by atoms with E-state index in [1.54, 1.807) is 90.1 Å². The van der Waals surface area contributed by atoms with Crippen molar-refractivity contribution in [3.8, 4) is 18.4 Å². The highest BCUT2D eigenvalue weighted by molar-refractivity contribution is 5.94. The van der Waals surface area contributed by atoms with Crippen LogP contribution in [0.2, 0.25) is 0 Å². The van der Waals surface area contributed by atoms with Gasteiger partial charge in [-0.15, -0.1) is 6.42 Å². The van der Waals surface area contributed by atoms with Gasteiger partial charge >= 0.3 is 12.1 Å². The second-order valence-corrected chi connectivity index (χ2v) is 13.4. The number of nitrogens with one attached hydrogen (secondary N) is 2. The van der Waals surface area contributed by atoms with E-state index < -0.39 is 59.7 Å². The minimum absolute atomic E-state index is 0.0283. The number of alkyl carbamates (subject to hydrolysis) is 1. The fraction of sp³-hybridized carbons (Fsp3) is 0.359. The van der Waals surface area contributed by atoms with Crippen molar-refractivity contribution in [2.24, 2.45) is 0 Å². The lowest BCUT2D eigenvalue weighted by atomic mass is 9.96. The summed E-state index contributed by atoms with van der Waals surface area (Å²) in [7, 11) is 0. The van der Waals surface area contributed by atoms with E-state index in [0.717, 1.165) is 10.5 Å². The van der Waals surface area contributed by atoms with Gasteiger partial charge in [-0.1, -0.05) is 84.8 Å². The van der Waals surface area contributed by atoms with E-state index in [1.165, 1.54) is 0 Å². The third-order valence-electron chi connectivity index (χ3n) is 7.06. The summed E-state index contributed by atoms with van der Waals surface area (Å²) in [5, 5.41) is 15.4. The molecule has 49 heavy (non-hydrogen) atoms. The van der Waals surface area contributed by atoms with E-state index in [1.807, 2.05) is 42.5 Å². The predicted molar refractivity (Wildman–Crippen MR) is 186 cm³/mol. The maximum absolute atomic E-state index is 14.5. The van der Waals surface area contributed by atoms with E-state index >= 15 is 0 Å². The Morgan fingerprint density at radius 2 is 1.27 bits per heavy atom. The zero-order valence-corrected chi connectivity index (χ0v) is 28.9. The van der Waals surface area contributed by atoms with Crippen molar-refractivity contribution in [1.29, 1.82) is 5.26 Å². The molecule has 0 aliphatic heterocycles. The predicted octanol–water partition coefficient (Wildman–Crippen LogP) is 5.27. The molecule has 3 aromatic rings. The van der Waals surface area contributed by atoms with Crippen LogP contribution in [-0.4, -0.2) is 58.6 Å². The normalized spacial score (nSPS) is 13.0. The molecule has 10 nitrogen and oxygen atoms in total. The van der Waals surface area contributed by atoms with Crippen LogP contribution in [0, 0.1) is 23.7 Å². The number of nitriles is 1. The lowest BCUT2D eigenvalue weighted by Gasteiger charge is -2.34. The van der Waals surface area contributed by atoms with Gasteiger partial charge in [0.15, 0.2) is 0 Å². The fourth-order valence-corrected chi connectivity index (χ4v) is 5.06. The van der Waals surface area contributed by atoms with Gasteiger partial charge in [0.1, 0.15) is 35.9 Å². The number of ether oxygens (including phenoxy) is 2. The van der Waals surface area contributed by atoms with Crippen LogP contribution >= 0.6 is 0 Å². The quantitative estimate of drug-likeness (QED) is 0.153. The first kappa shape index (κ1) is 37.8. The summed E-state index contributed by atoms with van der Waals surface area (Å²) in [6, 6.07) is 22.7. The van der Waals surface area contributed by atoms with Crippen molar-refractivity contribution in [3.05, 3.63) is 107 Å². The number of hydrogen-bond acceptors (Lipinski definition) is 7. The third-order valence-corrected chi connectivity index (χ3v) is 7.06. The number of carbonyl (C=O) groups is 4. The van der Waals surface area contributed by atoms with Gasteiger partial charge in [0.05, 0.1) is 6.07 Å². The van der Waals surface area contributed by atoms with E-state index in [9.17, 15) is 24.4 Å². The molecule has 0 saturated carbocycles. The number of terminal acetylenes is 1. The van der Waals surface area contributed by atoms with Gasteiger partial charge in [0, 0.05) is 18.4 Å². The smallest absolute Gasteiger partial charge is 0.408 e. The average molecular weight is 665 g/mol. The Kier molecular flexibility index (Phi) is 13.1. The Morgan fingerprint density at radius 3 is 1.78 bits per heavy atom. The molecule has 0 fully saturated rings. The van der Waals surface area contributed by atoms with Gasteiger partial charge in [-0.25, -0.2) is 9.59 Å². The highest BCUT2D eigenvalue weighted by atomic mass is 16.6. The van der Waals surface area contributed by atoms with Crippen molar-refractivity contribution >= 4 is 23.9 Å². The molecule has 0 heterocycles. The van der Waals surface area contributed by atoms with Crippen LogP contribution in [0.3, 0.4) is 0 Å². The molecule has 3 aromatic carbocycles. The van der Waals surface area contributed by atoms with E-state index in [4.69, 9.17) is 15.9 Å². The Bertz CT molecular complexity index is 1680. The standard InChI is InChI=1S/C39H44N4O6/c1-8-29-21-15-16-22-30(29)33(34(44)41-32(36(46)48-38(2,3)4)26-28-19-13-10-14-20-28)43(24-23-40)35(45)31(25-27-17-11-9-12-18-27)42-37(47)49-39(5,6)7/h1,9-22,31-33H,24-26H2,2-7H3,(H,41,44)(H,42,47). The molecule has 0 radical (unpaired) electrons. The van der Waals surface area contributed by atoms with Crippen molar-refractivity contribution in [3.63, 3.8) is 0 Å². The molecule has 256 valence electrons. The van der Waals surface area contributed by atoms with Gasteiger partial charge in [0.2, 0.25) is 11.8 Å². The van der Waals surface area contributed by atoms with Crippen molar-refractivity contribution in [2.45, 2.75) is 83.7 Å². The minimum atomic E-state index is -1.47. The van der Waals surface area contributed by atoms with Gasteiger partial charge in [0.25, 0.3) is 0 Å². The molecule has 0 spiro atoms. The van der Waals surface area contributed by atoms with Gasteiger partial charge in [-0.2, -0.15) is 5.26 Å². The third kappa shape index (κ3) is 11.9. The molecule has 3 unspecified atom stereocenters. The average Bonchev–Trinajstić information content (AvgIpc) is 3.03. The van der Waals surface area contributed by atoms with Crippen LogP contribution < -0.4 is 10.6 Å². The van der Waals surface area contributed by atoms with Crippen molar-refractivity contribution in [1.82, 2.24) is 15.5 Å².